The summed E-state index contributed by atoms with van der Waals surface area (Å²) in [5.74, 6) is 4.99. The van der Waals surface area contributed by atoms with Crippen molar-refractivity contribution in [3.63, 3.8) is 0 Å². The molecule has 1 unspecified atom stereocenters. The highest BCUT2D eigenvalue weighted by Gasteiger charge is 2.31. The number of carbonyl (C=O) groups is 1. The van der Waals surface area contributed by atoms with E-state index in [1.165, 1.54) is 12.1 Å². The van der Waals surface area contributed by atoms with E-state index in [2.05, 4.69) is 11.8 Å². The van der Waals surface area contributed by atoms with Crippen molar-refractivity contribution in [1.82, 2.24) is 14.7 Å². The number of nitrogens with zero attached hydrogens (tertiary/aromatic N) is 3. The van der Waals surface area contributed by atoms with Gasteiger partial charge in [-0.15, -0.1) is 0 Å². The molecular formula is C22H18F3N3O. The fourth-order valence-corrected chi connectivity index (χ4v) is 3.71. The maximum Gasteiger partial charge on any atom is 0.416 e. The molecule has 29 heavy (non-hydrogen) atoms. The zero-order valence-electron chi connectivity index (χ0n) is 15.7. The van der Waals surface area contributed by atoms with Gasteiger partial charge < -0.3 is 4.90 Å². The molecule has 0 bridgehead atoms. The number of para-hydroxylation sites is 1. The first kappa shape index (κ1) is 19.1. The third kappa shape index (κ3) is 3.58. The standard InChI is InChI=1S/C22H18F3N3O/c1-2-5-20(29)27-13-12-17(14-27)28-19-7-4-3-6-18(19)21(26-28)15-8-10-16(11-9-15)22(23,24)25/h3-4,6-11,17H,12-14H2,1H3. The number of hydrogen-bond acceptors (Lipinski definition) is 2. The summed E-state index contributed by atoms with van der Waals surface area (Å²) in [7, 11) is 0. The van der Waals surface area contributed by atoms with Crippen LogP contribution in [-0.4, -0.2) is 33.7 Å². The topological polar surface area (TPSA) is 38.1 Å². The molecule has 1 aromatic heterocycles. The van der Waals surface area contributed by atoms with Gasteiger partial charge in [0.15, 0.2) is 0 Å². The van der Waals surface area contributed by atoms with Crippen LogP contribution in [0.25, 0.3) is 22.2 Å². The van der Waals surface area contributed by atoms with Crippen molar-refractivity contribution in [3.8, 4) is 23.1 Å². The quantitative estimate of drug-likeness (QED) is 0.597. The van der Waals surface area contributed by atoms with Crippen LogP contribution in [0.1, 0.15) is 24.9 Å². The number of benzene rings is 2. The van der Waals surface area contributed by atoms with E-state index in [1.54, 1.807) is 11.8 Å². The predicted octanol–water partition coefficient (Wildman–Crippen LogP) is 4.52. The first-order valence-corrected chi connectivity index (χ1v) is 9.25. The Morgan fingerprint density at radius 1 is 1.14 bits per heavy atom. The molecule has 4 nitrogen and oxygen atoms in total. The van der Waals surface area contributed by atoms with Gasteiger partial charge in [0.2, 0.25) is 0 Å². The number of aromatic nitrogens is 2. The lowest BCUT2D eigenvalue weighted by Gasteiger charge is -2.14. The van der Waals surface area contributed by atoms with Crippen molar-refractivity contribution in [2.24, 2.45) is 0 Å². The first-order valence-electron chi connectivity index (χ1n) is 9.25. The van der Waals surface area contributed by atoms with Crippen LogP contribution in [0, 0.1) is 11.8 Å². The molecule has 4 rings (SSSR count). The maximum atomic E-state index is 12.9. The molecule has 2 aromatic carbocycles. The second-order valence-corrected chi connectivity index (χ2v) is 6.95. The van der Waals surface area contributed by atoms with E-state index >= 15 is 0 Å². The van der Waals surface area contributed by atoms with Gasteiger partial charge >= 0.3 is 6.18 Å². The van der Waals surface area contributed by atoms with Crippen LogP contribution in [0.4, 0.5) is 13.2 Å². The second-order valence-electron chi connectivity index (χ2n) is 6.95. The summed E-state index contributed by atoms with van der Waals surface area (Å²) in [6.45, 7) is 2.73. The van der Waals surface area contributed by atoms with E-state index in [9.17, 15) is 18.0 Å². The molecule has 148 valence electrons. The average Bonchev–Trinajstić information content (AvgIpc) is 3.33. The first-order chi connectivity index (χ1) is 13.9. The highest BCUT2D eigenvalue weighted by molar-refractivity contribution is 5.94. The van der Waals surface area contributed by atoms with Gasteiger partial charge in [-0.2, -0.15) is 18.3 Å². The second kappa shape index (κ2) is 7.28. The van der Waals surface area contributed by atoms with Gasteiger partial charge in [0.05, 0.1) is 17.1 Å². The van der Waals surface area contributed by atoms with Crippen LogP contribution >= 0.6 is 0 Å². The fraction of sp³-hybridized carbons (Fsp3) is 0.273. The molecule has 0 saturated carbocycles. The van der Waals surface area contributed by atoms with Crippen LogP contribution in [0.3, 0.4) is 0 Å². The van der Waals surface area contributed by atoms with Crippen molar-refractivity contribution >= 4 is 16.8 Å². The summed E-state index contributed by atoms with van der Waals surface area (Å²) in [6.07, 6.45) is -3.63. The molecule has 1 amide bonds. The minimum Gasteiger partial charge on any atom is -0.330 e. The Morgan fingerprint density at radius 2 is 1.86 bits per heavy atom. The number of carbonyl (C=O) groups excluding carboxylic acids is 1. The number of likely N-dealkylation sites (tertiary alicyclic amines) is 1. The molecule has 1 saturated heterocycles. The van der Waals surface area contributed by atoms with Crippen LogP contribution < -0.4 is 0 Å². The zero-order chi connectivity index (χ0) is 20.6. The van der Waals surface area contributed by atoms with Crippen molar-refractivity contribution in [1.29, 1.82) is 0 Å². The van der Waals surface area contributed by atoms with Crippen molar-refractivity contribution in [2.45, 2.75) is 25.6 Å². The average molecular weight is 397 g/mol. The monoisotopic (exact) mass is 397 g/mol. The smallest absolute Gasteiger partial charge is 0.330 e. The van der Waals surface area contributed by atoms with Crippen LogP contribution in [0.15, 0.2) is 48.5 Å². The van der Waals surface area contributed by atoms with Gasteiger partial charge in [-0.05, 0) is 37.5 Å². The number of fused-ring (bicyclic) bond motifs is 1. The predicted molar refractivity (Wildman–Crippen MR) is 104 cm³/mol. The minimum atomic E-state index is -4.37. The van der Waals surface area contributed by atoms with Crippen molar-refractivity contribution in [2.75, 3.05) is 13.1 Å². The van der Waals surface area contributed by atoms with E-state index < -0.39 is 11.7 Å². The van der Waals surface area contributed by atoms with Gasteiger partial charge in [0.25, 0.3) is 5.91 Å². The molecule has 2 heterocycles. The van der Waals surface area contributed by atoms with Crippen molar-refractivity contribution in [3.05, 3.63) is 54.1 Å². The molecule has 1 aliphatic heterocycles. The molecule has 0 aliphatic carbocycles. The Labute approximate surface area is 165 Å². The summed E-state index contributed by atoms with van der Waals surface area (Å²) in [6, 6.07) is 12.7. The molecule has 0 spiro atoms. The lowest BCUT2D eigenvalue weighted by molar-refractivity contribution is -0.137. The lowest BCUT2D eigenvalue weighted by atomic mass is 10.1. The molecule has 7 heteroatoms. The Bertz CT molecular complexity index is 1120. The Kier molecular flexibility index (Phi) is 4.79. The van der Waals surface area contributed by atoms with Gasteiger partial charge in [-0.25, -0.2) is 0 Å². The van der Waals surface area contributed by atoms with Crippen LogP contribution in [0.5, 0.6) is 0 Å². The Morgan fingerprint density at radius 3 is 2.55 bits per heavy atom. The molecular weight excluding hydrogens is 379 g/mol. The molecule has 1 atom stereocenters. The third-order valence-corrected chi connectivity index (χ3v) is 5.13. The van der Waals surface area contributed by atoms with E-state index in [1.807, 2.05) is 28.9 Å². The maximum absolute atomic E-state index is 12.9. The Hall–Kier alpha value is -3.27. The molecule has 1 aliphatic rings. The van der Waals surface area contributed by atoms with E-state index in [-0.39, 0.29) is 11.9 Å². The number of amides is 1. The highest BCUT2D eigenvalue weighted by atomic mass is 19.4. The van der Waals surface area contributed by atoms with Crippen LogP contribution in [-0.2, 0) is 11.0 Å². The summed E-state index contributed by atoms with van der Waals surface area (Å²) in [5, 5.41) is 5.60. The SMILES string of the molecule is CC#CC(=O)N1CCC(n2nc(-c3ccc(C(F)(F)F)cc3)c3ccccc32)C1. The summed E-state index contributed by atoms with van der Waals surface area (Å²) in [5.41, 5.74) is 1.46. The van der Waals surface area contributed by atoms with Gasteiger partial charge in [-0.3, -0.25) is 9.48 Å². The fourth-order valence-electron chi connectivity index (χ4n) is 3.71. The molecule has 1 fully saturated rings. The molecule has 3 aromatic rings. The largest absolute Gasteiger partial charge is 0.416 e. The highest BCUT2D eigenvalue weighted by Crippen LogP contribution is 2.34. The summed E-state index contributed by atoms with van der Waals surface area (Å²) >= 11 is 0. The van der Waals surface area contributed by atoms with Crippen molar-refractivity contribution < 1.29 is 18.0 Å². The normalized spacial score (nSPS) is 16.7. The van der Waals surface area contributed by atoms with Gasteiger partial charge in [-0.1, -0.05) is 36.3 Å². The van der Waals surface area contributed by atoms with E-state index in [4.69, 9.17) is 5.10 Å². The van der Waals surface area contributed by atoms with E-state index in [0.717, 1.165) is 29.5 Å². The molecule has 0 radical (unpaired) electrons. The number of rotatable bonds is 2. The Balaban J connectivity index is 1.71. The summed E-state index contributed by atoms with van der Waals surface area (Å²) < 4.78 is 40.5. The summed E-state index contributed by atoms with van der Waals surface area (Å²) in [4.78, 5) is 13.8. The third-order valence-electron chi connectivity index (χ3n) is 5.13. The number of halogens is 3. The van der Waals surface area contributed by atoms with Gasteiger partial charge in [0.1, 0.15) is 5.69 Å². The zero-order valence-corrected chi connectivity index (χ0v) is 15.7. The van der Waals surface area contributed by atoms with Crippen LogP contribution in [0.2, 0.25) is 0 Å². The number of alkyl halides is 3. The molecule has 0 N–H and O–H groups in total. The van der Waals surface area contributed by atoms with Gasteiger partial charge in [0, 0.05) is 24.0 Å². The number of hydrogen-bond donors (Lipinski definition) is 0. The lowest BCUT2D eigenvalue weighted by Crippen LogP contribution is -2.27. The van der Waals surface area contributed by atoms with E-state index in [0.29, 0.717) is 24.3 Å². The minimum absolute atomic E-state index is 0.00861.